The number of nitrogens with zero attached hydrogens (tertiary/aromatic N) is 4. The minimum absolute atomic E-state index is 0.0309. The van der Waals surface area contributed by atoms with E-state index >= 15 is 0 Å². The highest BCUT2D eigenvalue weighted by atomic mass is 16.5. The quantitative estimate of drug-likeness (QED) is 0.345. The van der Waals surface area contributed by atoms with Crippen molar-refractivity contribution in [2.75, 3.05) is 46.4 Å². The van der Waals surface area contributed by atoms with Crippen LogP contribution in [0.3, 0.4) is 0 Å². The molecular formula is C33H48N6O6. The van der Waals surface area contributed by atoms with Crippen LogP contribution in [0.1, 0.15) is 69.3 Å². The first-order valence-electron chi connectivity index (χ1n) is 16.2. The molecule has 3 amide bonds. The smallest absolute Gasteiger partial charge is 0.407 e. The van der Waals surface area contributed by atoms with Gasteiger partial charge in [-0.05, 0) is 63.5 Å². The van der Waals surface area contributed by atoms with Crippen molar-refractivity contribution in [3.63, 3.8) is 0 Å². The van der Waals surface area contributed by atoms with Gasteiger partial charge >= 0.3 is 6.09 Å². The second-order valence-electron chi connectivity index (χ2n) is 13.2. The van der Waals surface area contributed by atoms with Gasteiger partial charge in [0, 0.05) is 76.4 Å². The number of aromatic nitrogens is 1. The molecule has 4 heterocycles. The summed E-state index contributed by atoms with van der Waals surface area (Å²) in [4.78, 5) is 57.0. The number of para-hydroxylation sites is 1. The fourth-order valence-corrected chi connectivity index (χ4v) is 7.49. The minimum Gasteiger partial charge on any atom is -0.453 e. The van der Waals surface area contributed by atoms with Crippen LogP contribution >= 0.6 is 0 Å². The van der Waals surface area contributed by atoms with Crippen LogP contribution in [0.2, 0.25) is 0 Å². The van der Waals surface area contributed by atoms with Crippen molar-refractivity contribution in [1.82, 2.24) is 29.9 Å². The zero-order valence-corrected chi connectivity index (χ0v) is 26.9. The molecule has 0 radical (unpaired) electrons. The largest absolute Gasteiger partial charge is 0.453 e. The number of alkyl carbamates (subject to hydrolysis) is 1. The number of pyridine rings is 1. The summed E-state index contributed by atoms with van der Waals surface area (Å²) in [5, 5.41) is 17.9. The summed E-state index contributed by atoms with van der Waals surface area (Å²) in [7, 11) is 1.35. The summed E-state index contributed by atoms with van der Waals surface area (Å²) in [6, 6.07) is 9.69. The normalized spacial score (nSPS) is 24.1. The summed E-state index contributed by atoms with van der Waals surface area (Å²) < 4.78 is 6.37. The Kier molecular flexibility index (Phi) is 10.5. The van der Waals surface area contributed by atoms with Crippen molar-refractivity contribution in [1.29, 1.82) is 0 Å². The van der Waals surface area contributed by atoms with Gasteiger partial charge in [0.1, 0.15) is 5.56 Å². The Hall–Kier alpha value is -3.48. The van der Waals surface area contributed by atoms with E-state index in [1.807, 2.05) is 38.1 Å². The molecule has 0 spiro atoms. The van der Waals surface area contributed by atoms with E-state index in [-0.39, 0.29) is 59.7 Å². The van der Waals surface area contributed by atoms with Crippen LogP contribution in [0.4, 0.5) is 4.79 Å². The van der Waals surface area contributed by atoms with Crippen LogP contribution in [0.15, 0.2) is 35.1 Å². The molecule has 12 heteroatoms. The van der Waals surface area contributed by atoms with Crippen molar-refractivity contribution in [2.45, 2.75) is 89.2 Å². The number of ether oxygens (including phenoxy) is 1. The number of benzene rings is 1. The molecule has 2 bridgehead atoms. The van der Waals surface area contributed by atoms with E-state index < -0.39 is 12.2 Å². The molecule has 5 atom stereocenters. The number of rotatable bonds is 11. The number of aliphatic hydroxyl groups is 1. The van der Waals surface area contributed by atoms with Crippen molar-refractivity contribution in [3.05, 3.63) is 46.2 Å². The third-order valence-corrected chi connectivity index (χ3v) is 9.69. The molecule has 1 aromatic carbocycles. The van der Waals surface area contributed by atoms with Gasteiger partial charge in [-0.25, -0.2) is 4.79 Å². The fraction of sp³-hybridized carbons (Fsp3) is 0.636. The maximum Gasteiger partial charge on any atom is 0.407 e. The van der Waals surface area contributed by atoms with Gasteiger partial charge in [-0.1, -0.05) is 18.2 Å². The number of hydrogen-bond donors (Lipinski definition) is 3. The molecule has 3 fully saturated rings. The lowest BCUT2D eigenvalue weighted by Gasteiger charge is -2.40. The second kappa shape index (κ2) is 14.3. The van der Waals surface area contributed by atoms with E-state index in [1.165, 1.54) is 14.0 Å². The molecule has 246 valence electrons. The van der Waals surface area contributed by atoms with Crippen LogP contribution in [0, 0.1) is 0 Å². The lowest BCUT2D eigenvalue weighted by Crippen LogP contribution is -2.54. The van der Waals surface area contributed by atoms with Crippen LogP contribution in [-0.4, -0.2) is 119 Å². The molecule has 3 N–H and O–H groups in total. The average Bonchev–Trinajstić information content (AvgIpc) is 3.53. The zero-order valence-electron chi connectivity index (χ0n) is 26.9. The van der Waals surface area contributed by atoms with Crippen molar-refractivity contribution < 1.29 is 24.2 Å². The van der Waals surface area contributed by atoms with Crippen LogP contribution < -0.4 is 16.2 Å². The lowest BCUT2D eigenvalue weighted by atomic mass is 9.96. The number of carbonyl (C=O) groups excluding carboxylic acids is 3. The number of nitrogens with one attached hydrogen (secondary N) is 2. The van der Waals surface area contributed by atoms with Gasteiger partial charge in [-0.15, -0.1) is 0 Å². The fourth-order valence-electron chi connectivity index (χ4n) is 7.49. The first-order valence-corrected chi connectivity index (χ1v) is 16.2. The average molecular weight is 625 g/mol. The number of aliphatic hydroxyl groups excluding tert-OH is 1. The first kappa shape index (κ1) is 32.9. The van der Waals surface area contributed by atoms with Gasteiger partial charge in [0.15, 0.2) is 0 Å². The molecule has 45 heavy (non-hydrogen) atoms. The number of hydrogen-bond acceptors (Lipinski definition) is 8. The standard InChI is InChI=1S/C33H48N6O6/c1-21(2)39-30-8-6-5-7-23(30)15-29(32(39)43)31(42)34-25-16-26-9-10-27(17-25)38(26)20-28(41)19-37(22(3)40)14-13-36-12-11-24(18-36)35-33(44)45-4/h5-8,15,21,24-28,41H,9-14,16-20H2,1-4H3,(H,34,42)(H,35,44)/t24?,25-,26+,27-,28?. The van der Waals surface area contributed by atoms with Crippen LogP contribution in [-0.2, 0) is 9.53 Å². The second-order valence-corrected chi connectivity index (χ2v) is 13.2. The highest BCUT2D eigenvalue weighted by molar-refractivity contribution is 5.97. The Morgan fingerprint density at radius 3 is 2.44 bits per heavy atom. The number of fused-ring (bicyclic) bond motifs is 3. The van der Waals surface area contributed by atoms with E-state index in [1.54, 1.807) is 15.5 Å². The summed E-state index contributed by atoms with van der Waals surface area (Å²) in [5.74, 6) is -0.410. The Morgan fingerprint density at radius 1 is 1.07 bits per heavy atom. The number of amides is 3. The number of piperidine rings is 1. The SMILES string of the molecule is COC(=O)NC1CCN(CCN(CC(O)CN2[C@@H]3CC[C@H]2C[C@@H](NC(=O)c2cc4ccccc4n(C(C)C)c2=O)C3)C(C)=O)C1. The summed E-state index contributed by atoms with van der Waals surface area (Å²) in [6.07, 6.45) is 3.20. The van der Waals surface area contributed by atoms with E-state index in [0.717, 1.165) is 49.6 Å². The molecule has 0 aliphatic carbocycles. The van der Waals surface area contributed by atoms with E-state index in [9.17, 15) is 24.3 Å². The van der Waals surface area contributed by atoms with E-state index in [4.69, 9.17) is 0 Å². The maximum atomic E-state index is 13.4. The van der Waals surface area contributed by atoms with Crippen molar-refractivity contribution >= 4 is 28.8 Å². The van der Waals surface area contributed by atoms with Gasteiger partial charge in [0.2, 0.25) is 5.91 Å². The van der Waals surface area contributed by atoms with Gasteiger partial charge in [0.25, 0.3) is 11.5 Å². The van der Waals surface area contributed by atoms with E-state index in [2.05, 4.69) is 25.2 Å². The molecule has 5 rings (SSSR count). The molecule has 3 saturated heterocycles. The highest BCUT2D eigenvalue weighted by Gasteiger charge is 2.42. The Bertz CT molecular complexity index is 1430. The summed E-state index contributed by atoms with van der Waals surface area (Å²) in [5.41, 5.74) is 0.711. The van der Waals surface area contributed by atoms with Crippen molar-refractivity contribution in [2.24, 2.45) is 0 Å². The predicted molar refractivity (Wildman–Crippen MR) is 171 cm³/mol. The van der Waals surface area contributed by atoms with Crippen LogP contribution in [0.5, 0.6) is 0 Å². The molecule has 0 saturated carbocycles. The Balaban J connectivity index is 1.14. The summed E-state index contributed by atoms with van der Waals surface area (Å²) in [6.45, 7) is 8.85. The number of likely N-dealkylation sites (tertiary alicyclic amines) is 1. The highest BCUT2D eigenvalue weighted by Crippen LogP contribution is 2.36. The third kappa shape index (κ3) is 7.67. The van der Waals surface area contributed by atoms with Crippen LogP contribution in [0.25, 0.3) is 10.9 Å². The van der Waals surface area contributed by atoms with Gasteiger partial charge in [0.05, 0.1) is 18.7 Å². The molecule has 2 unspecified atom stereocenters. The van der Waals surface area contributed by atoms with Crippen molar-refractivity contribution in [3.8, 4) is 0 Å². The van der Waals surface area contributed by atoms with Gasteiger partial charge < -0.3 is 29.9 Å². The number of methoxy groups -OCH3 is 1. The van der Waals surface area contributed by atoms with Gasteiger partial charge in [-0.3, -0.25) is 24.2 Å². The van der Waals surface area contributed by atoms with E-state index in [0.29, 0.717) is 26.2 Å². The predicted octanol–water partition coefficient (Wildman–Crippen LogP) is 1.95. The Morgan fingerprint density at radius 2 is 1.78 bits per heavy atom. The molecule has 12 nitrogen and oxygen atoms in total. The molecule has 3 aliphatic heterocycles. The molecule has 2 aromatic rings. The minimum atomic E-state index is -0.692. The monoisotopic (exact) mass is 624 g/mol. The first-order chi connectivity index (χ1) is 21.5. The third-order valence-electron chi connectivity index (χ3n) is 9.69. The number of carbonyl (C=O) groups is 3. The molecule has 3 aliphatic rings. The summed E-state index contributed by atoms with van der Waals surface area (Å²) >= 11 is 0. The Labute approximate surface area is 264 Å². The molecule has 1 aromatic heterocycles. The maximum absolute atomic E-state index is 13.4. The topological polar surface area (TPSA) is 136 Å². The van der Waals surface area contributed by atoms with Gasteiger partial charge in [-0.2, -0.15) is 0 Å². The zero-order chi connectivity index (χ0) is 32.2. The molecular weight excluding hydrogens is 576 g/mol. The lowest BCUT2D eigenvalue weighted by molar-refractivity contribution is -0.130.